The molecule has 0 bridgehead atoms. The van der Waals surface area contributed by atoms with E-state index in [1.807, 2.05) is 30.0 Å². The number of ether oxygens (including phenoxy) is 2. The summed E-state index contributed by atoms with van der Waals surface area (Å²) < 4.78 is 11.0. The number of rotatable bonds is 7. The van der Waals surface area contributed by atoms with Gasteiger partial charge in [-0.15, -0.1) is 6.58 Å². The van der Waals surface area contributed by atoms with Crippen molar-refractivity contribution < 1.29 is 9.47 Å². The van der Waals surface area contributed by atoms with Gasteiger partial charge in [-0.05, 0) is 18.2 Å². The third kappa shape index (κ3) is 3.91. The minimum atomic E-state index is 0.364. The summed E-state index contributed by atoms with van der Waals surface area (Å²) in [5, 5.41) is 3.60. The summed E-state index contributed by atoms with van der Waals surface area (Å²) in [5.41, 5.74) is 1.21. The first kappa shape index (κ1) is 14.3. The second kappa shape index (κ2) is 7.46. The summed E-state index contributed by atoms with van der Waals surface area (Å²) >= 11 is 1.89. The van der Waals surface area contributed by atoms with E-state index >= 15 is 0 Å². The normalized spacial score (nSPS) is 17.4. The molecule has 19 heavy (non-hydrogen) atoms. The average Bonchev–Trinajstić information content (AvgIpc) is 2.46. The molecule has 0 saturated carbocycles. The van der Waals surface area contributed by atoms with E-state index in [0.29, 0.717) is 6.04 Å². The summed E-state index contributed by atoms with van der Waals surface area (Å²) in [5.74, 6) is 3.98. The zero-order valence-corrected chi connectivity index (χ0v) is 12.2. The van der Waals surface area contributed by atoms with E-state index in [9.17, 15) is 0 Å². The van der Waals surface area contributed by atoms with Crippen molar-refractivity contribution in [3.8, 4) is 11.5 Å². The van der Waals surface area contributed by atoms with Gasteiger partial charge in [-0.1, -0.05) is 6.08 Å². The van der Waals surface area contributed by atoms with Gasteiger partial charge in [-0.2, -0.15) is 11.8 Å². The predicted octanol–water partition coefficient (Wildman–Crippen LogP) is 3.03. The van der Waals surface area contributed by atoms with Crippen LogP contribution >= 0.6 is 11.8 Å². The first-order valence-electron chi connectivity index (χ1n) is 6.58. The second-order valence-electron chi connectivity index (χ2n) is 4.41. The second-order valence-corrected chi connectivity index (χ2v) is 5.56. The van der Waals surface area contributed by atoms with Crippen molar-refractivity contribution >= 4 is 11.8 Å². The molecule has 2 rings (SSSR count). The summed E-state index contributed by atoms with van der Waals surface area (Å²) in [6.45, 7) is 5.50. The number of fused-ring (bicyclic) bond motifs is 1. The molecule has 1 N–H and O–H groups in total. The molecular formula is C15H21NO2S. The topological polar surface area (TPSA) is 30.5 Å². The molecule has 1 aromatic carbocycles. The number of benzene rings is 1. The summed E-state index contributed by atoms with van der Waals surface area (Å²) in [6.07, 6.45) is 2.95. The molecule has 1 atom stereocenters. The van der Waals surface area contributed by atoms with Crippen molar-refractivity contribution in [2.24, 2.45) is 0 Å². The van der Waals surface area contributed by atoms with Gasteiger partial charge in [-0.3, -0.25) is 0 Å². The SMILES string of the molecule is C=CCSCCNC1CCOc2ccc(OC)cc21. The highest BCUT2D eigenvalue weighted by Gasteiger charge is 2.21. The molecule has 1 unspecified atom stereocenters. The lowest BCUT2D eigenvalue weighted by molar-refractivity contribution is 0.253. The molecule has 1 aliphatic rings. The number of methoxy groups -OCH3 is 1. The van der Waals surface area contributed by atoms with Gasteiger partial charge < -0.3 is 14.8 Å². The van der Waals surface area contributed by atoms with Crippen molar-refractivity contribution in [2.75, 3.05) is 31.8 Å². The Hall–Kier alpha value is -1.13. The Balaban J connectivity index is 1.94. The van der Waals surface area contributed by atoms with Gasteiger partial charge >= 0.3 is 0 Å². The average molecular weight is 279 g/mol. The Labute approximate surface area is 119 Å². The van der Waals surface area contributed by atoms with Crippen molar-refractivity contribution in [1.82, 2.24) is 5.32 Å². The first-order valence-corrected chi connectivity index (χ1v) is 7.73. The summed E-state index contributed by atoms with van der Waals surface area (Å²) in [4.78, 5) is 0. The number of hydrogen-bond acceptors (Lipinski definition) is 4. The maximum Gasteiger partial charge on any atom is 0.124 e. The van der Waals surface area contributed by atoms with Crippen LogP contribution in [0.5, 0.6) is 11.5 Å². The molecule has 0 aliphatic carbocycles. The molecule has 0 amide bonds. The monoisotopic (exact) mass is 279 g/mol. The standard InChI is InChI=1S/C15H21NO2S/c1-3-9-19-10-7-16-14-6-8-18-15-5-4-12(17-2)11-13(14)15/h3-5,11,14,16H,1,6-10H2,2H3. The van der Waals surface area contributed by atoms with Crippen LogP contribution in [-0.4, -0.2) is 31.8 Å². The van der Waals surface area contributed by atoms with Crippen LogP contribution in [0, 0.1) is 0 Å². The van der Waals surface area contributed by atoms with Crippen LogP contribution in [0.4, 0.5) is 0 Å². The molecule has 0 saturated heterocycles. The van der Waals surface area contributed by atoms with E-state index in [2.05, 4.69) is 18.0 Å². The van der Waals surface area contributed by atoms with Crippen LogP contribution in [0.25, 0.3) is 0 Å². The van der Waals surface area contributed by atoms with Crippen molar-refractivity contribution in [3.05, 3.63) is 36.4 Å². The highest BCUT2D eigenvalue weighted by Crippen LogP contribution is 2.34. The number of thioether (sulfide) groups is 1. The third-order valence-corrected chi connectivity index (χ3v) is 4.09. The van der Waals surface area contributed by atoms with E-state index < -0.39 is 0 Å². The fourth-order valence-electron chi connectivity index (χ4n) is 2.18. The zero-order chi connectivity index (χ0) is 13.5. The maximum atomic E-state index is 5.68. The van der Waals surface area contributed by atoms with Crippen LogP contribution in [0.15, 0.2) is 30.9 Å². The largest absolute Gasteiger partial charge is 0.497 e. The van der Waals surface area contributed by atoms with E-state index in [1.165, 1.54) is 5.56 Å². The summed E-state index contributed by atoms with van der Waals surface area (Å²) in [7, 11) is 1.69. The highest BCUT2D eigenvalue weighted by atomic mass is 32.2. The van der Waals surface area contributed by atoms with E-state index in [0.717, 1.165) is 42.6 Å². The Morgan fingerprint density at radius 2 is 2.47 bits per heavy atom. The Bertz CT molecular complexity index is 423. The minimum Gasteiger partial charge on any atom is -0.497 e. The van der Waals surface area contributed by atoms with Gasteiger partial charge in [0.15, 0.2) is 0 Å². The molecule has 1 aliphatic heterocycles. The molecule has 0 spiro atoms. The van der Waals surface area contributed by atoms with Crippen LogP contribution in [-0.2, 0) is 0 Å². The molecule has 3 nitrogen and oxygen atoms in total. The smallest absolute Gasteiger partial charge is 0.124 e. The fraction of sp³-hybridized carbons (Fsp3) is 0.467. The Morgan fingerprint density at radius 3 is 3.26 bits per heavy atom. The molecule has 0 aromatic heterocycles. The van der Waals surface area contributed by atoms with Crippen LogP contribution in [0.1, 0.15) is 18.0 Å². The quantitative estimate of drug-likeness (QED) is 0.614. The molecule has 0 fully saturated rings. The fourth-order valence-corrected chi connectivity index (χ4v) is 2.78. The first-order chi connectivity index (χ1) is 9.35. The van der Waals surface area contributed by atoms with Crippen LogP contribution < -0.4 is 14.8 Å². The lowest BCUT2D eigenvalue weighted by Gasteiger charge is -2.27. The molecule has 1 heterocycles. The lowest BCUT2D eigenvalue weighted by atomic mass is 10.0. The van der Waals surface area contributed by atoms with E-state index in [1.54, 1.807) is 7.11 Å². The Morgan fingerprint density at radius 1 is 1.58 bits per heavy atom. The molecule has 4 heteroatoms. The van der Waals surface area contributed by atoms with Crippen molar-refractivity contribution in [2.45, 2.75) is 12.5 Å². The van der Waals surface area contributed by atoms with Crippen molar-refractivity contribution in [3.63, 3.8) is 0 Å². The van der Waals surface area contributed by atoms with Crippen LogP contribution in [0.3, 0.4) is 0 Å². The number of hydrogen-bond donors (Lipinski definition) is 1. The minimum absolute atomic E-state index is 0.364. The zero-order valence-electron chi connectivity index (χ0n) is 11.4. The molecule has 104 valence electrons. The van der Waals surface area contributed by atoms with Gasteiger partial charge in [-0.25, -0.2) is 0 Å². The van der Waals surface area contributed by atoms with E-state index in [-0.39, 0.29) is 0 Å². The molecule has 0 radical (unpaired) electrons. The lowest BCUT2D eigenvalue weighted by Crippen LogP contribution is -2.28. The Kier molecular flexibility index (Phi) is 5.61. The van der Waals surface area contributed by atoms with Gasteiger partial charge in [0.25, 0.3) is 0 Å². The number of nitrogens with one attached hydrogen (secondary N) is 1. The van der Waals surface area contributed by atoms with Gasteiger partial charge in [0.1, 0.15) is 11.5 Å². The third-order valence-electron chi connectivity index (χ3n) is 3.13. The van der Waals surface area contributed by atoms with Crippen molar-refractivity contribution in [1.29, 1.82) is 0 Å². The van der Waals surface area contributed by atoms with Gasteiger partial charge in [0, 0.05) is 36.1 Å². The van der Waals surface area contributed by atoms with Gasteiger partial charge in [0.2, 0.25) is 0 Å². The van der Waals surface area contributed by atoms with Gasteiger partial charge in [0.05, 0.1) is 13.7 Å². The predicted molar refractivity (Wildman–Crippen MR) is 81.4 cm³/mol. The molecule has 1 aromatic rings. The van der Waals surface area contributed by atoms with E-state index in [4.69, 9.17) is 9.47 Å². The summed E-state index contributed by atoms with van der Waals surface area (Å²) in [6, 6.07) is 6.38. The van der Waals surface area contributed by atoms with Crippen LogP contribution in [0.2, 0.25) is 0 Å². The highest BCUT2D eigenvalue weighted by molar-refractivity contribution is 7.99. The molecular weight excluding hydrogens is 258 g/mol. The maximum absolute atomic E-state index is 5.68.